The van der Waals surface area contributed by atoms with Crippen molar-refractivity contribution < 1.29 is 9.13 Å². The number of hydrogen-bond donors (Lipinski definition) is 1. The average molecular weight is 291 g/mol. The largest absolute Gasteiger partial charge is 0.492 e. The molecule has 106 valence electrons. The summed E-state index contributed by atoms with van der Waals surface area (Å²) in [5, 5.41) is 0. The molecule has 0 heterocycles. The molecule has 20 heavy (non-hydrogen) atoms. The van der Waals surface area contributed by atoms with Crippen LogP contribution in [0.25, 0.3) is 0 Å². The Bertz CT molecular complexity index is 581. The van der Waals surface area contributed by atoms with E-state index in [0.717, 1.165) is 22.0 Å². The number of hydrogen-bond acceptors (Lipinski definition) is 3. The van der Waals surface area contributed by atoms with Crippen molar-refractivity contribution in [1.29, 1.82) is 0 Å². The van der Waals surface area contributed by atoms with Gasteiger partial charge in [0.15, 0.2) is 0 Å². The highest BCUT2D eigenvalue weighted by atomic mass is 32.2. The van der Waals surface area contributed by atoms with Crippen LogP contribution in [-0.2, 0) is 0 Å². The minimum absolute atomic E-state index is 0.303. The molecule has 0 aliphatic heterocycles. The summed E-state index contributed by atoms with van der Waals surface area (Å²) in [4.78, 5) is 0.826. The van der Waals surface area contributed by atoms with Crippen molar-refractivity contribution >= 4 is 17.4 Å². The van der Waals surface area contributed by atoms with Gasteiger partial charge in [-0.15, -0.1) is 11.8 Å². The first-order chi connectivity index (χ1) is 9.54. The Morgan fingerprint density at radius 1 is 1.15 bits per heavy atom. The molecule has 0 radical (unpaired) electrons. The lowest BCUT2D eigenvalue weighted by atomic mass is 10.1. The lowest BCUT2D eigenvalue weighted by Gasteiger charge is -2.10. The van der Waals surface area contributed by atoms with Gasteiger partial charge in [0.1, 0.15) is 11.6 Å². The number of nitrogen functional groups attached to an aromatic ring is 1. The molecule has 0 aliphatic rings. The molecule has 2 rings (SSSR count). The van der Waals surface area contributed by atoms with E-state index >= 15 is 0 Å². The van der Waals surface area contributed by atoms with E-state index in [1.54, 1.807) is 6.07 Å². The molecule has 0 bridgehead atoms. The first-order valence-electron chi connectivity index (χ1n) is 6.43. The van der Waals surface area contributed by atoms with Gasteiger partial charge in [-0.25, -0.2) is 4.39 Å². The first kappa shape index (κ1) is 14.7. The minimum Gasteiger partial charge on any atom is -0.492 e. The third-order valence-electron chi connectivity index (χ3n) is 2.85. The van der Waals surface area contributed by atoms with Gasteiger partial charge < -0.3 is 10.5 Å². The van der Waals surface area contributed by atoms with Crippen LogP contribution in [0.1, 0.15) is 11.1 Å². The molecule has 0 unspecified atom stereocenters. The van der Waals surface area contributed by atoms with Crippen molar-refractivity contribution in [3.63, 3.8) is 0 Å². The quantitative estimate of drug-likeness (QED) is 0.509. The fourth-order valence-corrected chi connectivity index (χ4v) is 2.66. The third-order valence-corrected chi connectivity index (χ3v) is 3.79. The number of thioether (sulfide) groups is 1. The molecule has 0 atom stereocenters. The monoisotopic (exact) mass is 291 g/mol. The predicted molar refractivity (Wildman–Crippen MR) is 82.9 cm³/mol. The minimum atomic E-state index is -0.303. The van der Waals surface area contributed by atoms with Crippen LogP contribution in [-0.4, -0.2) is 12.4 Å². The number of halogens is 1. The molecule has 0 amide bonds. The Hall–Kier alpha value is -1.68. The Labute approximate surface area is 123 Å². The van der Waals surface area contributed by atoms with Crippen molar-refractivity contribution in [3.05, 3.63) is 53.3 Å². The normalized spacial score (nSPS) is 10.6. The topological polar surface area (TPSA) is 35.2 Å². The fraction of sp³-hybridized carbons (Fsp3) is 0.250. The molecule has 0 saturated carbocycles. The molecule has 0 aromatic heterocycles. The van der Waals surface area contributed by atoms with Crippen LogP contribution < -0.4 is 10.5 Å². The Morgan fingerprint density at radius 2 is 1.95 bits per heavy atom. The molecule has 0 spiro atoms. The maximum atomic E-state index is 13.2. The number of rotatable bonds is 5. The zero-order valence-corrected chi connectivity index (χ0v) is 12.5. The average Bonchev–Trinajstić information content (AvgIpc) is 2.37. The lowest BCUT2D eigenvalue weighted by molar-refractivity contribution is 0.341. The molecular weight excluding hydrogens is 273 g/mol. The fourth-order valence-electron chi connectivity index (χ4n) is 1.84. The summed E-state index contributed by atoms with van der Waals surface area (Å²) in [6.07, 6.45) is 0. The van der Waals surface area contributed by atoms with Crippen LogP contribution in [0.3, 0.4) is 0 Å². The summed E-state index contributed by atoms with van der Waals surface area (Å²) in [6.45, 7) is 4.64. The molecule has 0 fully saturated rings. The van der Waals surface area contributed by atoms with Crippen LogP contribution in [0.15, 0.2) is 41.3 Å². The molecule has 0 saturated heterocycles. The van der Waals surface area contributed by atoms with Gasteiger partial charge in [0.2, 0.25) is 0 Å². The van der Waals surface area contributed by atoms with E-state index in [2.05, 4.69) is 6.07 Å². The van der Waals surface area contributed by atoms with Crippen molar-refractivity contribution in [2.75, 3.05) is 18.1 Å². The maximum absolute atomic E-state index is 13.2. The van der Waals surface area contributed by atoms with Gasteiger partial charge in [0, 0.05) is 16.3 Å². The summed E-state index contributed by atoms with van der Waals surface area (Å²) in [5.74, 6) is 1.35. The lowest BCUT2D eigenvalue weighted by Crippen LogP contribution is -2.01. The van der Waals surface area contributed by atoms with Crippen LogP contribution >= 0.6 is 11.8 Å². The summed E-state index contributed by atoms with van der Waals surface area (Å²) >= 11 is 1.53. The summed E-state index contributed by atoms with van der Waals surface area (Å²) in [6, 6.07) is 10.7. The summed E-state index contributed by atoms with van der Waals surface area (Å²) in [7, 11) is 0. The second-order valence-electron chi connectivity index (χ2n) is 4.69. The van der Waals surface area contributed by atoms with E-state index in [4.69, 9.17) is 10.5 Å². The molecule has 2 aromatic carbocycles. The van der Waals surface area contributed by atoms with E-state index in [1.807, 2.05) is 26.0 Å². The Morgan fingerprint density at radius 3 is 2.70 bits per heavy atom. The molecule has 2 aromatic rings. The predicted octanol–water partition coefficient (Wildman–Crippen LogP) is 4.20. The van der Waals surface area contributed by atoms with E-state index in [-0.39, 0.29) is 5.82 Å². The van der Waals surface area contributed by atoms with Crippen LogP contribution in [0, 0.1) is 19.7 Å². The molecule has 4 heteroatoms. The van der Waals surface area contributed by atoms with Gasteiger partial charge in [0.25, 0.3) is 0 Å². The zero-order valence-electron chi connectivity index (χ0n) is 11.7. The standard InChI is InChI=1S/C16H18FNOS/c1-11-3-4-12(2)16(7-11)19-5-6-20-15-9-13(17)8-14(18)10-15/h3-4,7-10H,5-6,18H2,1-2H3. The van der Waals surface area contributed by atoms with Crippen molar-refractivity contribution in [2.24, 2.45) is 0 Å². The van der Waals surface area contributed by atoms with Gasteiger partial charge in [-0.2, -0.15) is 0 Å². The Balaban J connectivity index is 1.86. The van der Waals surface area contributed by atoms with E-state index < -0.39 is 0 Å². The van der Waals surface area contributed by atoms with Gasteiger partial charge in [-0.3, -0.25) is 0 Å². The molecular formula is C16H18FNOS. The van der Waals surface area contributed by atoms with E-state index in [0.29, 0.717) is 12.3 Å². The van der Waals surface area contributed by atoms with Gasteiger partial charge >= 0.3 is 0 Å². The smallest absolute Gasteiger partial charge is 0.126 e. The maximum Gasteiger partial charge on any atom is 0.126 e. The molecule has 0 aliphatic carbocycles. The number of benzene rings is 2. The SMILES string of the molecule is Cc1ccc(C)c(OCCSc2cc(N)cc(F)c2)c1. The second-order valence-corrected chi connectivity index (χ2v) is 5.85. The van der Waals surface area contributed by atoms with Crippen LogP contribution in [0.5, 0.6) is 5.75 Å². The highest BCUT2D eigenvalue weighted by Crippen LogP contribution is 2.23. The summed E-state index contributed by atoms with van der Waals surface area (Å²) in [5.41, 5.74) is 8.35. The first-order valence-corrected chi connectivity index (χ1v) is 7.42. The number of ether oxygens (including phenoxy) is 1. The van der Waals surface area contributed by atoms with Crippen LogP contribution in [0.2, 0.25) is 0 Å². The van der Waals surface area contributed by atoms with E-state index in [1.165, 1.54) is 29.5 Å². The van der Waals surface area contributed by atoms with E-state index in [9.17, 15) is 4.39 Å². The molecule has 2 nitrogen and oxygen atoms in total. The highest BCUT2D eigenvalue weighted by Gasteiger charge is 2.02. The highest BCUT2D eigenvalue weighted by molar-refractivity contribution is 7.99. The van der Waals surface area contributed by atoms with Crippen molar-refractivity contribution in [2.45, 2.75) is 18.7 Å². The van der Waals surface area contributed by atoms with Gasteiger partial charge in [0.05, 0.1) is 6.61 Å². The number of nitrogens with two attached hydrogens (primary N) is 1. The third kappa shape index (κ3) is 4.17. The van der Waals surface area contributed by atoms with Crippen molar-refractivity contribution in [3.8, 4) is 5.75 Å². The van der Waals surface area contributed by atoms with Gasteiger partial charge in [-0.1, -0.05) is 12.1 Å². The summed E-state index contributed by atoms with van der Waals surface area (Å²) < 4.78 is 18.9. The van der Waals surface area contributed by atoms with Crippen LogP contribution in [0.4, 0.5) is 10.1 Å². The zero-order chi connectivity index (χ0) is 14.5. The molecule has 2 N–H and O–H groups in total. The second kappa shape index (κ2) is 6.66. The number of anilines is 1. The number of aryl methyl sites for hydroxylation is 2. The van der Waals surface area contributed by atoms with Crippen molar-refractivity contribution in [1.82, 2.24) is 0 Å². The van der Waals surface area contributed by atoms with Gasteiger partial charge in [-0.05, 0) is 49.2 Å². The Kier molecular flexibility index (Phi) is 4.90.